The minimum Gasteiger partial charge on any atom is -0.395 e. The molecule has 230 valence electrons. The number of amides is 2. The smallest absolute Gasteiger partial charge is 0.287 e. The lowest BCUT2D eigenvalue weighted by Crippen LogP contribution is -2.28. The molecule has 4 aromatic rings. The van der Waals surface area contributed by atoms with Crippen molar-refractivity contribution in [2.75, 3.05) is 63.3 Å². The summed E-state index contributed by atoms with van der Waals surface area (Å²) < 4.78 is 0. The number of aromatic nitrogens is 2. The van der Waals surface area contributed by atoms with Crippen LogP contribution in [0.1, 0.15) is 40.5 Å². The van der Waals surface area contributed by atoms with Crippen LogP contribution in [0, 0.1) is 0 Å². The van der Waals surface area contributed by atoms with Crippen LogP contribution in [0.4, 0.5) is 11.4 Å². The Balaban J connectivity index is 1.22. The van der Waals surface area contributed by atoms with Gasteiger partial charge in [0.1, 0.15) is 0 Å². The summed E-state index contributed by atoms with van der Waals surface area (Å²) in [6.07, 6.45) is 4.99. The second-order valence-electron chi connectivity index (χ2n) is 11.2. The number of aliphatic hydroxyl groups is 2. The summed E-state index contributed by atoms with van der Waals surface area (Å²) in [6, 6.07) is 12.2. The van der Waals surface area contributed by atoms with E-state index in [2.05, 4.69) is 22.1 Å². The first kappa shape index (κ1) is 30.5. The number of aliphatic hydroxyl groups excluding tert-OH is 2. The molecule has 2 aromatic carbocycles. The van der Waals surface area contributed by atoms with Gasteiger partial charge in [-0.2, -0.15) is 0 Å². The molecule has 0 bridgehead atoms. The monoisotopic (exact) mass is 632 g/mol. The van der Waals surface area contributed by atoms with Crippen molar-refractivity contribution in [3.8, 4) is 11.1 Å². The van der Waals surface area contributed by atoms with Gasteiger partial charge in [-0.25, -0.2) is 9.97 Å². The number of carbonyl (C=O) groups is 2. The Morgan fingerprint density at radius 3 is 1.59 bits per heavy atom. The fraction of sp³-hybridized carbons (Fsp3) is 0.375. The summed E-state index contributed by atoms with van der Waals surface area (Å²) in [5.41, 5.74) is 6.28. The summed E-state index contributed by atoms with van der Waals surface area (Å²) in [7, 11) is 3.86. The quantitative estimate of drug-likeness (QED) is 0.258. The normalized spacial score (nSPS) is 14.1. The Hall–Kier alpha value is -3.52. The van der Waals surface area contributed by atoms with Gasteiger partial charge in [0.05, 0.1) is 13.2 Å². The van der Waals surface area contributed by atoms with Crippen LogP contribution < -0.4 is 9.80 Å². The van der Waals surface area contributed by atoms with Gasteiger partial charge in [0.2, 0.25) is 0 Å². The van der Waals surface area contributed by atoms with Gasteiger partial charge in [-0.05, 0) is 61.3 Å². The zero-order valence-corrected chi connectivity index (χ0v) is 26.5. The number of hydrogen-bond donors (Lipinski definition) is 2. The number of benzene rings is 2. The summed E-state index contributed by atoms with van der Waals surface area (Å²) in [5, 5.41) is 19.3. The third kappa shape index (κ3) is 6.06. The molecule has 12 heteroatoms. The highest BCUT2D eigenvalue weighted by Gasteiger charge is 2.33. The molecule has 2 N–H and O–H groups in total. The third-order valence-corrected chi connectivity index (χ3v) is 10.1. The molecule has 2 aliphatic rings. The number of anilines is 2. The number of rotatable bonds is 11. The molecule has 0 unspecified atom stereocenters. The molecule has 0 saturated carbocycles. The lowest BCUT2D eigenvalue weighted by atomic mass is 9.93. The van der Waals surface area contributed by atoms with Crippen molar-refractivity contribution in [2.24, 2.45) is 0 Å². The number of thiazole rings is 2. The van der Waals surface area contributed by atoms with Crippen molar-refractivity contribution in [3.63, 3.8) is 0 Å². The van der Waals surface area contributed by atoms with Gasteiger partial charge in [0, 0.05) is 72.8 Å². The second kappa shape index (κ2) is 13.2. The van der Waals surface area contributed by atoms with Crippen molar-refractivity contribution in [1.29, 1.82) is 0 Å². The number of likely N-dealkylation sites (N-methyl/N-ethyl adjacent to an activating group) is 2. The first-order chi connectivity index (χ1) is 21.4. The molecule has 0 aliphatic carbocycles. The van der Waals surface area contributed by atoms with E-state index in [4.69, 9.17) is 0 Å². The lowest BCUT2D eigenvalue weighted by Gasteiger charge is -2.18. The molecule has 0 fully saturated rings. The molecule has 0 spiro atoms. The number of hydrogen-bond acceptors (Lipinski definition) is 10. The van der Waals surface area contributed by atoms with E-state index in [1.165, 1.54) is 22.7 Å². The summed E-state index contributed by atoms with van der Waals surface area (Å²) in [6.45, 7) is 3.75. The molecule has 2 amide bonds. The fourth-order valence-electron chi connectivity index (χ4n) is 6.02. The van der Waals surface area contributed by atoms with Crippen molar-refractivity contribution >= 4 is 45.9 Å². The van der Waals surface area contributed by atoms with Crippen LogP contribution in [0.2, 0.25) is 0 Å². The van der Waals surface area contributed by atoms with Gasteiger partial charge in [0.15, 0.2) is 10.0 Å². The van der Waals surface area contributed by atoms with E-state index in [-0.39, 0.29) is 25.0 Å². The Labute approximate surface area is 264 Å². The van der Waals surface area contributed by atoms with Gasteiger partial charge < -0.3 is 20.0 Å². The summed E-state index contributed by atoms with van der Waals surface area (Å²) >= 11 is 2.80. The zero-order chi connectivity index (χ0) is 30.8. The van der Waals surface area contributed by atoms with Crippen molar-refractivity contribution < 1.29 is 19.8 Å². The molecule has 44 heavy (non-hydrogen) atoms. The molecule has 6 rings (SSSR count). The minimum absolute atomic E-state index is 0.0877. The van der Waals surface area contributed by atoms with E-state index in [9.17, 15) is 19.8 Å². The highest BCUT2D eigenvalue weighted by Crippen LogP contribution is 2.42. The van der Waals surface area contributed by atoms with Gasteiger partial charge in [-0.3, -0.25) is 19.4 Å². The maximum Gasteiger partial charge on any atom is 0.287 e. The Morgan fingerprint density at radius 1 is 0.750 bits per heavy atom. The first-order valence-electron chi connectivity index (χ1n) is 14.7. The lowest BCUT2D eigenvalue weighted by molar-refractivity contribution is 0.0981. The van der Waals surface area contributed by atoms with Crippen LogP contribution in [-0.2, 0) is 25.9 Å². The largest absolute Gasteiger partial charge is 0.395 e. The molecule has 0 atom stereocenters. The Kier molecular flexibility index (Phi) is 9.17. The molecule has 2 aromatic heterocycles. The molecule has 10 nitrogen and oxygen atoms in total. The Morgan fingerprint density at radius 2 is 1.18 bits per heavy atom. The highest BCUT2D eigenvalue weighted by molar-refractivity contribution is 7.14. The van der Waals surface area contributed by atoms with E-state index in [1.54, 1.807) is 12.4 Å². The molecular formula is C32H36N6O4S2. The predicted molar refractivity (Wildman–Crippen MR) is 174 cm³/mol. The van der Waals surface area contributed by atoms with Crippen molar-refractivity contribution in [2.45, 2.75) is 25.9 Å². The molecule has 4 heterocycles. The maximum absolute atomic E-state index is 13.6. The van der Waals surface area contributed by atoms with Crippen LogP contribution >= 0.6 is 22.7 Å². The number of nitrogens with zero attached hydrogens (tertiary/aromatic N) is 6. The van der Waals surface area contributed by atoms with Crippen molar-refractivity contribution in [1.82, 2.24) is 19.8 Å². The van der Waals surface area contributed by atoms with Crippen LogP contribution in [0.15, 0.2) is 48.8 Å². The number of fused-ring (bicyclic) bond motifs is 2. The SMILES string of the molecule is CN(CCO)Cc1cnc(C(=O)N2CCc3c(-c4cccc5c4CCN5C(=O)c4ncc(CN(C)CCO)s4)cccc32)s1. The summed E-state index contributed by atoms with van der Waals surface area (Å²) in [5.74, 6) is -0.190. The van der Waals surface area contributed by atoms with Gasteiger partial charge in [-0.15, -0.1) is 22.7 Å². The fourth-order valence-corrected chi connectivity index (χ4v) is 7.90. The van der Waals surface area contributed by atoms with Gasteiger partial charge in [-0.1, -0.05) is 24.3 Å². The van der Waals surface area contributed by atoms with Gasteiger partial charge in [0.25, 0.3) is 11.8 Å². The highest BCUT2D eigenvalue weighted by atomic mass is 32.1. The third-order valence-electron chi connectivity index (χ3n) is 8.12. The summed E-state index contributed by atoms with van der Waals surface area (Å²) in [4.78, 5) is 45.6. The van der Waals surface area contributed by atoms with Gasteiger partial charge >= 0.3 is 0 Å². The van der Waals surface area contributed by atoms with E-state index in [0.717, 1.165) is 56.2 Å². The van der Waals surface area contributed by atoms with Crippen LogP contribution in [-0.4, -0.2) is 95.3 Å². The first-order valence-corrected chi connectivity index (χ1v) is 16.4. The van der Waals surface area contributed by atoms with E-state index >= 15 is 0 Å². The van der Waals surface area contributed by atoms with Crippen LogP contribution in [0.3, 0.4) is 0 Å². The average molecular weight is 633 g/mol. The standard InChI is InChI=1S/C32H36N6O4S2/c1-35(13-15-39)19-21-17-33-29(43-21)31(41)37-11-9-25-23(5-3-7-27(25)37)24-6-4-8-28-26(24)10-12-38(28)32(42)30-34-18-22(44-30)20-36(2)14-16-40/h3-8,17-18,39-40H,9-16,19-20H2,1-2H3. The Bertz CT molecular complexity index is 1550. The number of carbonyl (C=O) groups excluding carboxylic acids is 2. The average Bonchev–Trinajstić information content (AvgIpc) is 3.82. The molecular weight excluding hydrogens is 597 g/mol. The van der Waals surface area contributed by atoms with E-state index in [0.29, 0.717) is 49.3 Å². The molecule has 0 saturated heterocycles. The van der Waals surface area contributed by atoms with Crippen molar-refractivity contribution in [3.05, 3.63) is 79.7 Å². The topological polar surface area (TPSA) is 113 Å². The van der Waals surface area contributed by atoms with Crippen LogP contribution in [0.5, 0.6) is 0 Å². The van der Waals surface area contributed by atoms with Crippen LogP contribution in [0.25, 0.3) is 11.1 Å². The van der Waals surface area contributed by atoms with E-state index in [1.807, 2.05) is 58.0 Å². The maximum atomic E-state index is 13.6. The molecule has 0 radical (unpaired) electrons. The van der Waals surface area contributed by atoms with E-state index < -0.39 is 0 Å². The molecule has 2 aliphatic heterocycles. The predicted octanol–water partition coefficient (Wildman–Crippen LogP) is 3.52. The second-order valence-corrected chi connectivity index (χ2v) is 13.4. The zero-order valence-electron chi connectivity index (χ0n) is 24.9. The minimum atomic E-state index is -0.0950.